The molecule has 9 rings (SSSR count). The van der Waals surface area contributed by atoms with E-state index in [4.69, 9.17) is 9.47 Å². The van der Waals surface area contributed by atoms with Crippen molar-refractivity contribution in [2.24, 2.45) is 11.8 Å². The Morgan fingerprint density at radius 2 is 1.06 bits per heavy atom. The Kier molecular flexibility index (Phi) is 27.9. The lowest BCUT2D eigenvalue weighted by Crippen LogP contribution is -2.59. The van der Waals surface area contributed by atoms with Gasteiger partial charge in [0.15, 0.2) is 5.78 Å². The standard InChI is InChI=1S/C76H102N10O9/c1-5-62(77-3)71(88)81-64-49-85-60(38-36-56(64)30-19-25-52-21-11-7-12-22-52)40-42-65(85)73(90)83-69(58-28-17-10-18-29-58)75(92)80-44-46-95-51-55-34-32-54(33-35-55)50-94-45-20-31-67(87)68(57-26-15-9-16-27-57)82-74(91)66-43-41-61-39-37-59(48-79-47-53-23-13-8-14-24-53)70(76(93)86(61)66)84-72(89)63(6-2)78-4/h7-18,21-24,26-29,32-35,56,59-66,68-70,77-79H,5-6,19-20,25,30-31,36-51H2,1-4H3,(H,80,92)(H,81,88)(H,82,91)(H,83,90)(H,84,89)/t56-,59+,60-,61-,62-,63-,64+,65-,66-,68-,69-,70-/m0/s1. The molecule has 5 aromatic rings. The summed E-state index contributed by atoms with van der Waals surface area (Å²) >= 11 is 0. The van der Waals surface area contributed by atoms with Crippen LogP contribution >= 0.6 is 0 Å². The Balaban J connectivity index is 0.719. The summed E-state index contributed by atoms with van der Waals surface area (Å²) in [7, 11) is 3.54. The number of Topliss-reactive ketones (excluding diaryl/α,β-unsaturated/α-hetero) is 1. The van der Waals surface area contributed by atoms with Gasteiger partial charge >= 0.3 is 0 Å². The molecule has 4 aliphatic rings. The Bertz CT molecular complexity index is 3210. The highest BCUT2D eigenvalue weighted by molar-refractivity contribution is 5.96. The zero-order chi connectivity index (χ0) is 66.9. The van der Waals surface area contributed by atoms with Gasteiger partial charge in [0.2, 0.25) is 35.4 Å². The zero-order valence-electron chi connectivity index (χ0n) is 56.1. The van der Waals surface area contributed by atoms with Crippen LogP contribution in [0.3, 0.4) is 0 Å². The predicted octanol–water partition coefficient (Wildman–Crippen LogP) is 7.69. The molecule has 4 saturated heterocycles. The van der Waals surface area contributed by atoms with Crippen LogP contribution in [0.25, 0.3) is 0 Å². The molecule has 4 heterocycles. The second-order valence-electron chi connectivity index (χ2n) is 26.2. The van der Waals surface area contributed by atoms with E-state index in [-0.39, 0.29) is 96.8 Å². The molecular formula is C76H102N10O9. The monoisotopic (exact) mass is 1300 g/mol. The second-order valence-corrected chi connectivity index (χ2v) is 26.2. The van der Waals surface area contributed by atoms with Gasteiger partial charge in [0.25, 0.3) is 0 Å². The highest BCUT2D eigenvalue weighted by Gasteiger charge is 2.49. The van der Waals surface area contributed by atoms with Crippen molar-refractivity contribution in [3.63, 3.8) is 0 Å². The molecule has 4 aliphatic heterocycles. The maximum absolute atomic E-state index is 14.8. The molecule has 19 nitrogen and oxygen atoms in total. The lowest BCUT2D eigenvalue weighted by Gasteiger charge is -2.33. The van der Waals surface area contributed by atoms with Crippen molar-refractivity contribution in [1.29, 1.82) is 0 Å². The average molecular weight is 1300 g/mol. The number of nitrogens with one attached hydrogen (secondary N) is 8. The van der Waals surface area contributed by atoms with Crippen molar-refractivity contribution < 1.29 is 43.0 Å². The van der Waals surface area contributed by atoms with Gasteiger partial charge in [-0.25, -0.2) is 0 Å². The fourth-order valence-electron chi connectivity index (χ4n) is 14.5. The zero-order valence-corrected chi connectivity index (χ0v) is 56.1. The molecule has 5 aromatic carbocycles. The van der Waals surface area contributed by atoms with Crippen LogP contribution in [0.2, 0.25) is 0 Å². The SMILES string of the molecule is CC[C@H](NC)C(=O)N[C@@H]1C(=O)N2[C@@H](CC[C@@H]1CNCc1ccccc1)CC[C@H]2C(=O)N[C@H](C(=O)CCCOCc1ccc(COCCNC(=O)[C@@H](NC(=O)[C@@H]2CC[C@@H]3CC[C@H](CCCc4ccccc4)[C@H](NC(=O)[C@H](CC)NC)CN32)c2ccccc2)cc1)c1ccccc1. The van der Waals surface area contributed by atoms with Crippen LogP contribution in [0.1, 0.15) is 149 Å². The lowest BCUT2D eigenvalue weighted by molar-refractivity contribution is -0.144. The first-order valence-electron chi connectivity index (χ1n) is 34.9. The van der Waals surface area contributed by atoms with E-state index >= 15 is 0 Å². The molecule has 0 spiro atoms. The number of hydrogen-bond donors (Lipinski definition) is 8. The Morgan fingerprint density at radius 1 is 0.537 bits per heavy atom. The fraction of sp³-hybridized carbons (Fsp3) is 0.513. The van der Waals surface area contributed by atoms with E-state index in [0.717, 1.165) is 55.2 Å². The number of fused-ring (bicyclic) bond motifs is 2. The molecule has 6 amide bonds. The molecule has 0 saturated carbocycles. The van der Waals surface area contributed by atoms with E-state index in [1.54, 1.807) is 11.9 Å². The average Bonchev–Trinajstić information content (AvgIpc) is 1.65. The van der Waals surface area contributed by atoms with E-state index < -0.39 is 36.3 Å². The minimum absolute atomic E-state index is 0.0155. The molecule has 0 bridgehead atoms. The Hall–Kier alpha value is -7.65. The predicted molar refractivity (Wildman–Crippen MR) is 368 cm³/mol. The van der Waals surface area contributed by atoms with Crippen molar-refractivity contribution in [3.8, 4) is 0 Å². The fourth-order valence-corrected chi connectivity index (χ4v) is 14.5. The summed E-state index contributed by atoms with van der Waals surface area (Å²) in [5.74, 6) is -1.55. The second kappa shape index (κ2) is 37.0. The van der Waals surface area contributed by atoms with E-state index in [9.17, 15) is 33.6 Å². The van der Waals surface area contributed by atoms with Crippen molar-refractivity contribution in [1.82, 2.24) is 52.3 Å². The third-order valence-electron chi connectivity index (χ3n) is 19.9. The van der Waals surface area contributed by atoms with Gasteiger partial charge in [-0.3, -0.25) is 38.5 Å². The summed E-state index contributed by atoms with van der Waals surface area (Å²) in [6.45, 7) is 7.05. The quantitative estimate of drug-likeness (QED) is 0.0182. The molecule has 0 aromatic heterocycles. The minimum Gasteiger partial charge on any atom is -0.377 e. The highest BCUT2D eigenvalue weighted by Crippen LogP contribution is 2.37. The highest BCUT2D eigenvalue weighted by atomic mass is 16.5. The van der Waals surface area contributed by atoms with Crippen molar-refractivity contribution >= 4 is 41.2 Å². The van der Waals surface area contributed by atoms with Crippen LogP contribution < -0.4 is 42.5 Å². The van der Waals surface area contributed by atoms with Crippen molar-refractivity contribution in [3.05, 3.63) is 179 Å². The molecule has 0 unspecified atom stereocenters. The number of aryl methyl sites for hydroxylation is 1. The first-order chi connectivity index (χ1) is 46.3. The Morgan fingerprint density at radius 3 is 1.69 bits per heavy atom. The van der Waals surface area contributed by atoms with Crippen molar-refractivity contribution in [2.45, 2.75) is 190 Å². The summed E-state index contributed by atoms with van der Waals surface area (Å²) in [5.41, 5.74) is 5.64. The first-order valence-corrected chi connectivity index (χ1v) is 34.9. The first kappa shape index (κ1) is 71.6. The molecular weight excluding hydrogens is 1200 g/mol. The third-order valence-corrected chi connectivity index (χ3v) is 19.9. The van der Waals surface area contributed by atoms with Crippen LogP contribution in [-0.2, 0) is 69.2 Å². The number of ether oxygens (including phenoxy) is 2. The lowest BCUT2D eigenvalue weighted by atomic mass is 9.88. The van der Waals surface area contributed by atoms with E-state index in [2.05, 4.69) is 71.7 Å². The van der Waals surface area contributed by atoms with Gasteiger partial charge in [0.1, 0.15) is 24.2 Å². The van der Waals surface area contributed by atoms with Crippen LogP contribution in [0.4, 0.5) is 0 Å². The molecule has 19 heteroatoms. The van der Waals surface area contributed by atoms with Gasteiger partial charge in [0, 0.05) is 63.3 Å². The molecule has 0 radical (unpaired) electrons. The Labute approximate surface area is 562 Å². The van der Waals surface area contributed by atoms with E-state index in [1.807, 2.05) is 142 Å². The van der Waals surface area contributed by atoms with Gasteiger partial charge in [-0.2, -0.15) is 0 Å². The number of hydrogen-bond acceptors (Lipinski definition) is 13. The van der Waals surface area contributed by atoms with Crippen LogP contribution in [-0.4, -0.2) is 146 Å². The number of carbonyl (C=O) groups excluding carboxylic acids is 7. The van der Waals surface area contributed by atoms with Crippen LogP contribution in [0.15, 0.2) is 146 Å². The van der Waals surface area contributed by atoms with Crippen molar-refractivity contribution in [2.75, 3.05) is 46.9 Å². The summed E-state index contributed by atoms with van der Waals surface area (Å²) in [5, 5.41) is 25.5. The number of ketones is 1. The maximum Gasteiger partial charge on any atom is 0.247 e. The topological polar surface area (TPSA) is 241 Å². The number of benzene rings is 5. The number of amides is 6. The summed E-state index contributed by atoms with van der Waals surface area (Å²) in [6.07, 6.45) is 10.7. The smallest absolute Gasteiger partial charge is 0.247 e. The number of rotatable bonds is 35. The molecule has 4 fully saturated rings. The molecule has 8 N–H and O–H groups in total. The molecule has 95 heavy (non-hydrogen) atoms. The summed E-state index contributed by atoms with van der Waals surface area (Å²) in [4.78, 5) is 103. The summed E-state index contributed by atoms with van der Waals surface area (Å²) in [6, 6.07) is 42.1. The number of nitrogens with zero attached hydrogens (tertiary/aromatic N) is 2. The van der Waals surface area contributed by atoms with Gasteiger partial charge in [0.05, 0.1) is 37.9 Å². The van der Waals surface area contributed by atoms with Crippen LogP contribution in [0, 0.1) is 11.8 Å². The summed E-state index contributed by atoms with van der Waals surface area (Å²) < 4.78 is 12.1. The molecule has 510 valence electrons. The van der Waals surface area contributed by atoms with Gasteiger partial charge in [-0.15, -0.1) is 0 Å². The molecule has 0 aliphatic carbocycles. The molecule has 12 atom stereocenters. The number of likely N-dealkylation sites (N-methyl/N-ethyl adjacent to an activating group) is 2. The minimum atomic E-state index is -0.929. The van der Waals surface area contributed by atoms with Gasteiger partial charge < -0.3 is 56.9 Å². The van der Waals surface area contributed by atoms with E-state index in [1.165, 1.54) is 5.56 Å². The van der Waals surface area contributed by atoms with Gasteiger partial charge in [-0.05, 0) is 143 Å². The number of carbonyl (C=O) groups is 7. The largest absolute Gasteiger partial charge is 0.377 e. The third kappa shape index (κ3) is 20.2. The normalized spacial score (nSPS) is 22.4. The maximum atomic E-state index is 14.8. The van der Waals surface area contributed by atoms with E-state index in [0.29, 0.717) is 102 Å². The van der Waals surface area contributed by atoms with Crippen LogP contribution in [0.5, 0.6) is 0 Å². The van der Waals surface area contributed by atoms with Gasteiger partial charge in [-0.1, -0.05) is 159 Å².